The van der Waals surface area contributed by atoms with E-state index in [-0.39, 0.29) is 6.04 Å². The van der Waals surface area contributed by atoms with E-state index in [9.17, 15) is 0 Å². The van der Waals surface area contributed by atoms with Gasteiger partial charge in [0, 0.05) is 34.9 Å². The van der Waals surface area contributed by atoms with Crippen molar-refractivity contribution in [3.63, 3.8) is 0 Å². The molecule has 1 aromatic heterocycles. The molecule has 0 saturated carbocycles. The summed E-state index contributed by atoms with van der Waals surface area (Å²) in [5.74, 6) is 0. The van der Waals surface area contributed by atoms with Gasteiger partial charge in [-0.25, -0.2) is 0 Å². The second-order valence-electron chi connectivity index (χ2n) is 4.84. The molecule has 1 heterocycles. The monoisotopic (exact) mass is 261 g/mol. The van der Waals surface area contributed by atoms with Gasteiger partial charge < -0.3 is 5.73 Å². The van der Waals surface area contributed by atoms with Gasteiger partial charge in [-0.3, -0.25) is 4.68 Å². The summed E-state index contributed by atoms with van der Waals surface area (Å²) in [4.78, 5) is 0. The summed E-state index contributed by atoms with van der Waals surface area (Å²) in [5, 5.41) is 5.36. The predicted molar refractivity (Wildman–Crippen MR) is 73.5 cm³/mol. The molecule has 3 nitrogen and oxygen atoms in total. The molecule has 1 aliphatic carbocycles. The van der Waals surface area contributed by atoms with Gasteiger partial charge >= 0.3 is 0 Å². The first-order valence-corrected chi connectivity index (χ1v) is 6.62. The zero-order valence-corrected chi connectivity index (χ0v) is 11.1. The molecule has 3 rings (SSSR count). The van der Waals surface area contributed by atoms with Crippen molar-refractivity contribution in [3.8, 4) is 11.3 Å². The van der Waals surface area contributed by atoms with Crippen LogP contribution in [0.25, 0.3) is 11.3 Å². The number of halogens is 1. The maximum Gasteiger partial charge on any atom is 0.0974 e. The minimum absolute atomic E-state index is 0.0939. The van der Waals surface area contributed by atoms with E-state index in [2.05, 4.69) is 5.10 Å². The number of nitrogens with two attached hydrogens (primary N) is 1. The summed E-state index contributed by atoms with van der Waals surface area (Å²) in [5.41, 5.74) is 10.8. The van der Waals surface area contributed by atoms with Crippen LogP contribution in [0.15, 0.2) is 24.3 Å². The molecule has 0 bridgehead atoms. The molecule has 94 valence electrons. The smallest absolute Gasteiger partial charge is 0.0974 e. The van der Waals surface area contributed by atoms with E-state index in [1.54, 1.807) is 0 Å². The Hall–Kier alpha value is -1.32. The summed E-state index contributed by atoms with van der Waals surface area (Å²) < 4.78 is 1.96. The van der Waals surface area contributed by atoms with Crippen LogP contribution in [0.5, 0.6) is 0 Å². The van der Waals surface area contributed by atoms with Gasteiger partial charge in [-0.2, -0.15) is 5.10 Å². The molecule has 1 unspecified atom stereocenters. The summed E-state index contributed by atoms with van der Waals surface area (Å²) in [6.45, 7) is 0. The highest BCUT2D eigenvalue weighted by atomic mass is 35.5. The Kier molecular flexibility index (Phi) is 2.88. The van der Waals surface area contributed by atoms with Gasteiger partial charge in [-0.15, -0.1) is 0 Å². The van der Waals surface area contributed by atoms with Crippen LogP contribution >= 0.6 is 11.6 Å². The summed E-state index contributed by atoms with van der Waals surface area (Å²) >= 11 is 6.06. The first-order chi connectivity index (χ1) is 8.66. The number of fused-ring (bicyclic) bond motifs is 1. The fourth-order valence-electron chi connectivity index (χ4n) is 2.74. The van der Waals surface area contributed by atoms with Gasteiger partial charge in [0.25, 0.3) is 0 Å². The largest absolute Gasteiger partial charge is 0.324 e. The molecule has 2 aromatic rings. The maximum absolute atomic E-state index is 6.25. The summed E-state index contributed by atoms with van der Waals surface area (Å²) in [6.07, 6.45) is 3.24. The van der Waals surface area contributed by atoms with Gasteiger partial charge in [-0.05, 0) is 31.4 Å². The van der Waals surface area contributed by atoms with Crippen LogP contribution in [0.2, 0.25) is 5.02 Å². The molecule has 1 aromatic carbocycles. The van der Waals surface area contributed by atoms with Gasteiger partial charge in [0.05, 0.1) is 5.69 Å². The van der Waals surface area contributed by atoms with Crippen LogP contribution in [-0.4, -0.2) is 9.78 Å². The maximum atomic E-state index is 6.25. The average molecular weight is 262 g/mol. The predicted octanol–water partition coefficient (Wildman–Crippen LogP) is 3.08. The molecule has 1 atom stereocenters. The normalized spacial score (nSPS) is 18.7. The second kappa shape index (κ2) is 4.41. The lowest BCUT2D eigenvalue weighted by molar-refractivity contribution is 0.548. The Bertz CT molecular complexity index is 589. The first-order valence-electron chi connectivity index (χ1n) is 6.24. The zero-order valence-electron chi connectivity index (χ0n) is 10.4. The lowest BCUT2D eigenvalue weighted by Crippen LogP contribution is -2.18. The molecular formula is C14H16ClN3. The van der Waals surface area contributed by atoms with Crippen LogP contribution in [-0.2, 0) is 13.5 Å². The quantitative estimate of drug-likeness (QED) is 0.857. The Morgan fingerprint density at radius 1 is 1.44 bits per heavy atom. The van der Waals surface area contributed by atoms with Crippen molar-refractivity contribution in [3.05, 3.63) is 40.5 Å². The minimum Gasteiger partial charge on any atom is -0.324 e. The number of aryl methyl sites for hydroxylation is 1. The van der Waals surface area contributed by atoms with E-state index in [0.717, 1.165) is 35.5 Å². The lowest BCUT2D eigenvalue weighted by Gasteiger charge is -2.19. The highest BCUT2D eigenvalue weighted by Gasteiger charge is 2.25. The number of aromatic nitrogens is 2. The second-order valence-corrected chi connectivity index (χ2v) is 5.28. The Morgan fingerprint density at radius 3 is 3.06 bits per heavy atom. The Morgan fingerprint density at radius 2 is 2.28 bits per heavy atom. The third kappa shape index (κ3) is 1.84. The van der Waals surface area contributed by atoms with Crippen molar-refractivity contribution in [2.24, 2.45) is 12.8 Å². The van der Waals surface area contributed by atoms with Crippen LogP contribution < -0.4 is 5.73 Å². The topological polar surface area (TPSA) is 43.8 Å². The molecule has 18 heavy (non-hydrogen) atoms. The van der Waals surface area contributed by atoms with Crippen LogP contribution in [0, 0.1) is 0 Å². The van der Waals surface area contributed by atoms with E-state index < -0.39 is 0 Å². The van der Waals surface area contributed by atoms with Crippen molar-refractivity contribution in [1.29, 1.82) is 0 Å². The Balaban J connectivity index is 2.18. The highest BCUT2D eigenvalue weighted by molar-refractivity contribution is 6.30. The number of nitrogens with zero attached hydrogens (tertiary/aromatic N) is 2. The molecule has 2 N–H and O–H groups in total. The van der Waals surface area contributed by atoms with Gasteiger partial charge in [0.2, 0.25) is 0 Å². The molecule has 4 heteroatoms. The van der Waals surface area contributed by atoms with Crippen LogP contribution in [0.1, 0.15) is 30.1 Å². The molecule has 0 aliphatic heterocycles. The zero-order chi connectivity index (χ0) is 12.7. The SMILES string of the molecule is Cn1nc(-c2cccc(Cl)c2)c2c1CCCC2N. The number of benzene rings is 1. The van der Waals surface area contributed by atoms with Crippen molar-refractivity contribution in [2.75, 3.05) is 0 Å². The van der Waals surface area contributed by atoms with Crippen LogP contribution in [0.4, 0.5) is 0 Å². The fourth-order valence-corrected chi connectivity index (χ4v) is 2.93. The molecule has 0 radical (unpaired) electrons. The molecular weight excluding hydrogens is 246 g/mol. The van der Waals surface area contributed by atoms with E-state index >= 15 is 0 Å². The molecule has 0 spiro atoms. The highest BCUT2D eigenvalue weighted by Crippen LogP contribution is 2.36. The summed E-state index contributed by atoms with van der Waals surface area (Å²) in [7, 11) is 1.99. The molecule has 0 saturated heterocycles. The molecule has 1 aliphatic rings. The number of rotatable bonds is 1. The first kappa shape index (κ1) is 11.8. The van der Waals surface area contributed by atoms with Crippen molar-refractivity contribution in [2.45, 2.75) is 25.3 Å². The Labute approximate surface area is 112 Å². The van der Waals surface area contributed by atoms with Crippen molar-refractivity contribution in [1.82, 2.24) is 9.78 Å². The van der Waals surface area contributed by atoms with Crippen LogP contribution in [0.3, 0.4) is 0 Å². The van der Waals surface area contributed by atoms with Crippen molar-refractivity contribution < 1.29 is 0 Å². The van der Waals surface area contributed by atoms with Gasteiger partial charge in [0.15, 0.2) is 0 Å². The molecule has 0 fully saturated rings. The van der Waals surface area contributed by atoms with Gasteiger partial charge in [-0.1, -0.05) is 23.7 Å². The van der Waals surface area contributed by atoms with E-state index in [1.807, 2.05) is 36.0 Å². The third-order valence-electron chi connectivity index (χ3n) is 3.60. The number of hydrogen-bond acceptors (Lipinski definition) is 2. The summed E-state index contributed by atoms with van der Waals surface area (Å²) in [6, 6.07) is 7.91. The fraction of sp³-hybridized carbons (Fsp3) is 0.357. The lowest BCUT2D eigenvalue weighted by atomic mass is 9.90. The third-order valence-corrected chi connectivity index (χ3v) is 3.84. The van der Waals surface area contributed by atoms with E-state index in [0.29, 0.717) is 0 Å². The molecule has 0 amide bonds. The number of hydrogen-bond donors (Lipinski definition) is 1. The standard InChI is InChI=1S/C14H16ClN3/c1-18-12-7-3-6-11(16)13(12)14(17-18)9-4-2-5-10(15)8-9/h2,4-5,8,11H,3,6-7,16H2,1H3. The van der Waals surface area contributed by atoms with E-state index in [1.165, 1.54) is 11.3 Å². The van der Waals surface area contributed by atoms with Crippen molar-refractivity contribution >= 4 is 11.6 Å². The van der Waals surface area contributed by atoms with Gasteiger partial charge in [0.1, 0.15) is 0 Å². The minimum atomic E-state index is 0.0939. The average Bonchev–Trinajstić information content (AvgIpc) is 2.69. The van der Waals surface area contributed by atoms with E-state index in [4.69, 9.17) is 17.3 Å².